The summed E-state index contributed by atoms with van der Waals surface area (Å²) < 4.78 is 5.38. The fraction of sp³-hybridized carbons (Fsp3) is 0.353. The third kappa shape index (κ3) is 3.33. The highest BCUT2D eigenvalue weighted by atomic mass is 32.1. The van der Waals surface area contributed by atoms with Gasteiger partial charge in [0.25, 0.3) is 5.89 Å². The van der Waals surface area contributed by atoms with Crippen LogP contribution in [0, 0.1) is 0 Å². The lowest BCUT2D eigenvalue weighted by Gasteiger charge is -2.30. The number of piperidine rings is 1. The number of rotatable bonds is 4. The first-order chi connectivity index (χ1) is 11.4. The summed E-state index contributed by atoms with van der Waals surface area (Å²) in [5.41, 5.74) is 2.14. The van der Waals surface area contributed by atoms with Gasteiger partial charge < -0.3 is 4.52 Å². The number of likely N-dealkylation sites (tertiary alicyclic amines) is 1. The number of aromatic nitrogens is 3. The molecule has 4 heterocycles. The van der Waals surface area contributed by atoms with Crippen LogP contribution in [0.1, 0.15) is 30.1 Å². The molecule has 0 amide bonds. The molecule has 5 nitrogen and oxygen atoms in total. The third-order valence-electron chi connectivity index (χ3n) is 4.26. The molecule has 0 saturated carbocycles. The lowest BCUT2D eigenvalue weighted by molar-refractivity contribution is 0.200. The Morgan fingerprint density at radius 3 is 2.87 bits per heavy atom. The van der Waals surface area contributed by atoms with Crippen molar-refractivity contribution in [3.8, 4) is 11.6 Å². The molecule has 0 N–H and O–H groups in total. The van der Waals surface area contributed by atoms with Gasteiger partial charge in [-0.25, -0.2) is 0 Å². The van der Waals surface area contributed by atoms with Crippen molar-refractivity contribution in [3.05, 3.63) is 52.6 Å². The van der Waals surface area contributed by atoms with E-state index < -0.39 is 0 Å². The lowest BCUT2D eigenvalue weighted by atomic mass is 9.96. The smallest absolute Gasteiger partial charge is 0.276 e. The Hall–Kier alpha value is -2.05. The van der Waals surface area contributed by atoms with Gasteiger partial charge in [-0.15, -0.1) is 0 Å². The van der Waals surface area contributed by atoms with Gasteiger partial charge in [0.05, 0.1) is 0 Å². The second-order valence-corrected chi connectivity index (χ2v) is 6.63. The molecule has 118 valence electrons. The number of nitrogens with zero attached hydrogens (tertiary/aromatic N) is 4. The first-order valence-corrected chi connectivity index (χ1v) is 8.81. The van der Waals surface area contributed by atoms with E-state index in [0.717, 1.165) is 44.0 Å². The number of thiophene rings is 1. The predicted molar refractivity (Wildman–Crippen MR) is 89.1 cm³/mol. The van der Waals surface area contributed by atoms with Crippen molar-refractivity contribution >= 4 is 11.3 Å². The Morgan fingerprint density at radius 1 is 1.22 bits per heavy atom. The molecule has 3 aromatic heterocycles. The molecule has 4 rings (SSSR count). The van der Waals surface area contributed by atoms with Crippen LogP contribution in [0.15, 0.2) is 45.7 Å². The molecule has 0 atom stereocenters. The van der Waals surface area contributed by atoms with E-state index in [4.69, 9.17) is 4.52 Å². The molecule has 0 aliphatic carbocycles. The average Bonchev–Trinajstić information content (AvgIpc) is 3.28. The van der Waals surface area contributed by atoms with Crippen LogP contribution in [0.5, 0.6) is 0 Å². The Bertz CT molecular complexity index is 733. The van der Waals surface area contributed by atoms with Gasteiger partial charge in [-0.05, 0) is 60.5 Å². The summed E-state index contributed by atoms with van der Waals surface area (Å²) in [7, 11) is 0. The van der Waals surface area contributed by atoms with Crippen molar-refractivity contribution in [2.75, 3.05) is 13.1 Å². The van der Waals surface area contributed by atoms with Crippen molar-refractivity contribution in [1.82, 2.24) is 20.0 Å². The van der Waals surface area contributed by atoms with E-state index in [1.54, 1.807) is 17.5 Å². The number of hydrogen-bond acceptors (Lipinski definition) is 6. The monoisotopic (exact) mass is 326 g/mol. The van der Waals surface area contributed by atoms with Gasteiger partial charge in [0, 0.05) is 18.7 Å². The standard InChI is InChI=1S/C17H18N4OS/c1-2-7-18-15(3-1)17-19-16(20-22-17)14-4-8-21(9-5-14)11-13-6-10-23-12-13/h1-3,6-7,10,12,14H,4-5,8-9,11H2. The zero-order valence-corrected chi connectivity index (χ0v) is 13.6. The zero-order chi connectivity index (χ0) is 15.5. The fourth-order valence-electron chi connectivity index (χ4n) is 2.98. The first kappa shape index (κ1) is 14.5. The molecule has 23 heavy (non-hydrogen) atoms. The second kappa shape index (κ2) is 6.60. The SMILES string of the molecule is c1ccc(-c2nc(C3CCN(Cc4ccsc4)CC3)no2)nc1. The molecule has 3 aromatic rings. The molecule has 1 aliphatic heterocycles. The van der Waals surface area contributed by atoms with Crippen LogP contribution in [0.25, 0.3) is 11.6 Å². The minimum Gasteiger partial charge on any atom is -0.332 e. The van der Waals surface area contributed by atoms with Gasteiger partial charge in [0.1, 0.15) is 5.69 Å². The average molecular weight is 326 g/mol. The number of pyridine rings is 1. The summed E-state index contributed by atoms with van der Waals surface area (Å²) in [6.07, 6.45) is 3.89. The van der Waals surface area contributed by atoms with Gasteiger partial charge in [0.15, 0.2) is 5.82 Å². The lowest BCUT2D eigenvalue weighted by Crippen LogP contribution is -2.32. The Kier molecular flexibility index (Phi) is 4.17. The van der Waals surface area contributed by atoms with E-state index in [0.29, 0.717) is 11.8 Å². The summed E-state index contributed by atoms with van der Waals surface area (Å²) in [5, 5.41) is 8.54. The second-order valence-electron chi connectivity index (χ2n) is 5.85. The van der Waals surface area contributed by atoms with Crippen LogP contribution in [0.4, 0.5) is 0 Å². The highest BCUT2D eigenvalue weighted by Crippen LogP contribution is 2.28. The fourth-order valence-corrected chi connectivity index (χ4v) is 3.64. The van der Waals surface area contributed by atoms with E-state index in [9.17, 15) is 0 Å². The van der Waals surface area contributed by atoms with E-state index >= 15 is 0 Å². The van der Waals surface area contributed by atoms with Crippen molar-refractivity contribution in [1.29, 1.82) is 0 Å². The molecule has 1 saturated heterocycles. The van der Waals surface area contributed by atoms with Crippen LogP contribution in [-0.2, 0) is 6.54 Å². The van der Waals surface area contributed by atoms with Crippen LogP contribution in [0.3, 0.4) is 0 Å². The van der Waals surface area contributed by atoms with Crippen molar-refractivity contribution in [2.45, 2.75) is 25.3 Å². The van der Waals surface area contributed by atoms with Gasteiger partial charge in [-0.3, -0.25) is 9.88 Å². The maximum absolute atomic E-state index is 5.38. The normalized spacial score (nSPS) is 16.7. The van der Waals surface area contributed by atoms with E-state index in [1.165, 1.54) is 5.56 Å². The summed E-state index contributed by atoms with van der Waals surface area (Å²) in [5.74, 6) is 1.72. The van der Waals surface area contributed by atoms with Crippen LogP contribution < -0.4 is 0 Å². The molecule has 0 spiro atoms. The zero-order valence-electron chi connectivity index (χ0n) is 12.8. The molecule has 1 aliphatic rings. The maximum atomic E-state index is 5.38. The largest absolute Gasteiger partial charge is 0.332 e. The van der Waals surface area contributed by atoms with E-state index in [-0.39, 0.29) is 0 Å². The minimum atomic E-state index is 0.384. The quantitative estimate of drug-likeness (QED) is 0.733. The molecular formula is C17H18N4OS. The van der Waals surface area contributed by atoms with Gasteiger partial charge in [-0.1, -0.05) is 11.2 Å². The highest BCUT2D eigenvalue weighted by Gasteiger charge is 2.25. The first-order valence-electron chi connectivity index (χ1n) is 7.87. The van der Waals surface area contributed by atoms with Gasteiger partial charge >= 0.3 is 0 Å². The molecule has 0 radical (unpaired) electrons. The van der Waals surface area contributed by atoms with Crippen molar-refractivity contribution in [2.24, 2.45) is 0 Å². The highest BCUT2D eigenvalue weighted by molar-refractivity contribution is 7.07. The Balaban J connectivity index is 1.38. The van der Waals surface area contributed by atoms with Crippen LogP contribution in [-0.4, -0.2) is 33.1 Å². The number of hydrogen-bond donors (Lipinski definition) is 0. The van der Waals surface area contributed by atoms with Crippen molar-refractivity contribution in [3.63, 3.8) is 0 Å². The Morgan fingerprint density at radius 2 is 2.13 bits per heavy atom. The van der Waals surface area contributed by atoms with Crippen molar-refractivity contribution < 1.29 is 4.52 Å². The maximum Gasteiger partial charge on any atom is 0.276 e. The molecule has 6 heteroatoms. The predicted octanol–water partition coefficient (Wildman–Crippen LogP) is 3.57. The van der Waals surface area contributed by atoms with Crippen LogP contribution >= 0.6 is 11.3 Å². The minimum absolute atomic E-state index is 0.384. The van der Waals surface area contributed by atoms with Crippen LogP contribution in [0.2, 0.25) is 0 Å². The Labute approximate surface area is 139 Å². The summed E-state index contributed by atoms with van der Waals surface area (Å²) >= 11 is 1.76. The van der Waals surface area contributed by atoms with E-state index in [1.807, 2.05) is 18.2 Å². The molecule has 0 bridgehead atoms. The third-order valence-corrected chi connectivity index (χ3v) is 5.00. The molecule has 1 fully saturated rings. The summed E-state index contributed by atoms with van der Waals surface area (Å²) in [4.78, 5) is 11.3. The van der Waals surface area contributed by atoms with Gasteiger partial charge in [-0.2, -0.15) is 16.3 Å². The van der Waals surface area contributed by atoms with E-state index in [2.05, 4.69) is 36.9 Å². The molecular weight excluding hydrogens is 308 g/mol. The summed E-state index contributed by atoms with van der Waals surface area (Å²) in [6.45, 7) is 3.20. The van der Waals surface area contributed by atoms with Gasteiger partial charge in [0.2, 0.25) is 0 Å². The summed E-state index contributed by atoms with van der Waals surface area (Å²) in [6, 6.07) is 7.90. The topological polar surface area (TPSA) is 55.1 Å². The molecule has 0 unspecified atom stereocenters. The molecule has 0 aromatic carbocycles.